The Hall–Kier alpha value is -2.58. The number of rotatable bonds is 4. The summed E-state index contributed by atoms with van der Waals surface area (Å²) in [6.07, 6.45) is -4.56. The summed E-state index contributed by atoms with van der Waals surface area (Å²) in [5.41, 5.74) is -0.848. The van der Waals surface area contributed by atoms with Crippen LogP contribution in [0.1, 0.15) is 28.7 Å². The molecule has 2 aromatic rings. The lowest BCUT2D eigenvalue weighted by Gasteiger charge is -2.16. The molecule has 0 unspecified atom stereocenters. The molecule has 0 spiro atoms. The van der Waals surface area contributed by atoms with E-state index in [0.29, 0.717) is 5.76 Å². The molecule has 2 aromatic heterocycles. The van der Waals surface area contributed by atoms with Crippen molar-refractivity contribution in [3.63, 3.8) is 0 Å². The molecule has 0 radical (unpaired) electrons. The number of nitrogens with one attached hydrogen (secondary N) is 1. The summed E-state index contributed by atoms with van der Waals surface area (Å²) >= 11 is 0. The number of carbonyl (C=O) groups excluding carboxylic acids is 1. The van der Waals surface area contributed by atoms with Crippen LogP contribution in [-0.4, -0.2) is 27.9 Å². The van der Waals surface area contributed by atoms with Crippen molar-refractivity contribution in [1.29, 1.82) is 0 Å². The van der Waals surface area contributed by atoms with Gasteiger partial charge in [-0.25, -0.2) is 14.8 Å². The number of halogens is 3. The highest BCUT2D eigenvalue weighted by Crippen LogP contribution is 2.27. The van der Waals surface area contributed by atoms with Gasteiger partial charge < -0.3 is 14.6 Å². The smallest absolute Gasteiger partial charge is 0.433 e. The van der Waals surface area contributed by atoms with E-state index in [1.54, 1.807) is 26.1 Å². The molecular formula is C15H17F3N4O2. The summed E-state index contributed by atoms with van der Waals surface area (Å²) in [5.74, 6) is 1.24. The first kappa shape index (κ1) is 17.8. The predicted octanol–water partition coefficient (Wildman–Crippen LogP) is 3.05. The van der Waals surface area contributed by atoms with Gasteiger partial charge in [0, 0.05) is 12.7 Å². The van der Waals surface area contributed by atoms with Gasteiger partial charge in [-0.1, -0.05) is 0 Å². The third kappa shape index (κ3) is 4.71. The number of aromatic nitrogens is 2. The van der Waals surface area contributed by atoms with Crippen molar-refractivity contribution < 1.29 is 22.4 Å². The molecule has 0 bridgehead atoms. The van der Waals surface area contributed by atoms with Gasteiger partial charge in [0.05, 0.1) is 13.1 Å². The number of amides is 2. The fourth-order valence-corrected chi connectivity index (χ4v) is 2.02. The molecule has 2 amide bonds. The minimum absolute atomic E-state index is 0.0991. The van der Waals surface area contributed by atoms with Gasteiger partial charge in [-0.05, 0) is 32.0 Å². The van der Waals surface area contributed by atoms with Crippen LogP contribution in [-0.2, 0) is 19.3 Å². The molecule has 0 aliphatic rings. The Bertz CT molecular complexity index is 728. The summed E-state index contributed by atoms with van der Waals surface area (Å²) < 4.78 is 43.5. The molecule has 0 aromatic carbocycles. The predicted molar refractivity (Wildman–Crippen MR) is 78.9 cm³/mol. The van der Waals surface area contributed by atoms with Crippen molar-refractivity contribution in [2.45, 2.75) is 33.1 Å². The molecule has 0 atom stereocenters. The lowest BCUT2D eigenvalue weighted by molar-refractivity contribution is -0.141. The van der Waals surface area contributed by atoms with E-state index in [0.717, 1.165) is 11.8 Å². The number of furan rings is 1. The first-order valence-corrected chi connectivity index (χ1v) is 7.11. The van der Waals surface area contributed by atoms with Crippen molar-refractivity contribution in [1.82, 2.24) is 20.2 Å². The van der Waals surface area contributed by atoms with Gasteiger partial charge in [0.15, 0.2) is 0 Å². The zero-order valence-corrected chi connectivity index (χ0v) is 13.4. The van der Waals surface area contributed by atoms with E-state index in [9.17, 15) is 18.0 Å². The number of aryl methyl sites for hydroxylation is 2. The Labute approximate surface area is 136 Å². The van der Waals surface area contributed by atoms with Crippen molar-refractivity contribution in [2.24, 2.45) is 0 Å². The molecule has 0 fully saturated rings. The summed E-state index contributed by atoms with van der Waals surface area (Å²) in [6.45, 7) is 3.26. The van der Waals surface area contributed by atoms with Crippen LogP contribution in [0.5, 0.6) is 0 Å². The van der Waals surface area contributed by atoms with Crippen molar-refractivity contribution >= 4 is 6.03 Å². The molecule has 6 nitrogen and oxygen atoms in total. The fraction of sp³-hybridized carbons (Fsp3) is 0.400. The average Bonchev–Trinajstić information content (AvgIpc) is 2.88. The van der Waals surface area contributed by atoms with Crippen LogP contribution in [0.2, 0.25) is 0 Å². The number of urea groups is 1. The molecule has 9 heteroatoms. The Morgan fingerprint density at radius 2 is 2.00 bits per heavy atom. The largest absolute Gasteiger partial charge is 0.464 e. The third-order valence-corrected chi connectivity index (χ3v) is 3.12. The molecule has 24 heavy (non-hydrogen) atoms. The van der Waals surface area contributed by atoms with Gasteiger partial charge in [-0.3, -0.25) is 0 Å². The van der Waals surface area contributed by atoms with Gasteiger partial charge >= 0.3 is 12.2 Å². The molecule has 2 heterocycles. The molecular weight excluding hydrogens is 325 g/mol. The topological polar surface area (TPSA) is 71.3 Å². The van der Waals surface area contributed by atoms with Crippen LogP contribution in [0.15, 0.2) is 22.6 Å². The van der Waals surface area contributed by atoms with Crippen LogP contribution >= 0.6 is 0 Å². The number of hydrogen-bond donors (Lipinski definition) is 1. The highest BCUT2D eigenvalue weighted by Gasteiger charge is 2.33. The molecule has 130 valence electrons. The number of carbonyl (C=O) groups is 1. The zero-order chi connectivity index (χ0) is 17.9. The molecule has 0 aliphatic carbocycles. The summed E-state index contributed by atoms with van der Waals surface area (Å²) in [5, 5.41) is 2.48. The Morgan fingerprint density at radius 1 is 1.29 bits per heavy atom. The fourth-order valence-electron chi connectivity index (χ4n) is 2.02. The highest BCUT2D eigenvalue weighted by atomic mass is 19.4. The number of nitrogens with zero attached hydrogens (tertiary/aromatic N) is 3. The molecule has 1 N–H and O–H groups in total. The first-order valence-electron chi connectivity index (χ1n) is 7.11. The summed E-state index contributed by atoms with van der Waals surface area (Å²) in [6, 6.07) is 3.91. The van der Waals surface area contributed by atoms with Crippen molar-refractivity contribution in [3.8, 4) is 0 Å². The van der Waals surface area contributed by atoms with Gasteiger partial charge in [-0.2, -0.15) is 13.2 Å². The third-order valence-electron chi connectivity index (χ3n) is 3.12. The van der Waals surface area contributed by atoms with Gasteiger partial charge in [-0.15, -0.1) is 0 Å². The molecule has 0 saturated heterocycles. The maximum absolute atomic E-state index is 12.7. The van der Waals surface area contributed by atoms with E-state index in [4.69, 9.17) is 4.42 Å². The van der Waals surface area contributed by atoms with Gasteiger partial charge in [0.1, 0.15) is 23.0 Å². The Kier molecular flexibility index (Phi) is 5.10. The van der Waals surface area contributed by atoms with E-state index in [1.807, 2.05) is 0 Å². The summed E-state index contributed by atoms with van der Waals surface area (Å²) in [4.78, 5) is 20.7. The van der Waals surface area contributed by atoms with E-state index in [-0.39, 0.29) is 24.6 Å². The van der Waals surface area contributed by atoms with E-state index < -0.39 is 17.9 Å². The lowest BCUT2D eigenvalue weighted by atomic mass is 10.3. The maximum atomic E-state index is 12.7. The van der Waals surface area contributed by atoms with Crippen molar-refractivity contribution in [3.05, 3.63) is 46.9 Å². The monoisotopic (exact) mass is 342 g/mol. The second-order valence-electron chi connectivity index (χ2n) is 5.34. The second kappa shape index (κ2) is 6.90. The Morgan fingerprint density at radius 3 is 2.58 bits per heavy atom. The number of hydrogen-bond acceptors (Lipinski definition) is 4. The van der Waals surface area contributed by atoms with E-state index in [1.165, 1.54) is 11.8 Å². The second-order valence-corrected chi connectivity index (χ2v) is 5.34. The van der Waals surface area contributed by atoms with Gasteiger partial charge in [0.25, 0.3) is 0 Å². The standard InChI is InChI=1S/C15H17F3N4O2/c1-9-6-12(15(16,17)18)21-13(20-9)7-19-14(23)22(3)8-11-5-4-10(2)24-11/h4-6H,7-8H2,1-3H3,(H,19,23). The normalized spacial score (nSPS) is 11.4. The summed E-state index contributed by atoms with van der Waals surface area (Å²) in [7, 11) is 1.55. The van der Waals surface area contributed by atoms with Crippen molar-refractivity contribution in [2.75, 3.05) is 7.05 Å². The van der Waals surface area contributed by atoms with Crippen LogP contribution in [0.25, 0.3) is 0 Å². The molecule has 2 rings (SSSR count). The minimum atomic E-state index is -4.56. The molecule has 0 aliphatic heterocycles. The quantitative estimate of drug-likeness (QED) is 0.927. The van der Waals surface area contributed by atoms with E-state index >= 15 is 0 Å². The average molecular weight is 342 g/mol. The minimum Gasteiger partial charge on any atom is -0.464 e. The highest BCUT2D eigenvalue weighted by molar-refractivity contribution is 5.73. The van der Waals surface area contributed by atoms with Crippen LogP contribution < -0.4 is 5.32 Å². The Balaban J connectivity index is 1.97. The van der Waals surface area contributed by atoms with Gasteiger partial charge in [0.2, 0.25) is 0 Å². The maximum Gasteiger partial charge on any atom is 0.433 e. The SMILES string of the molecule is Cc1cc(C(F)(F)F)nc(CNC(=O)N(C)Cc2ccc(C)o2)n1. The van der Waals surface area contributed by atoms with Crippen LogP contribution in [0, 0.1) is 13.8 Å². The molecule has 0 saturated carbocycles. The first-order chi connectivity index (χ1) is 11.1. The zero-order valence-electron chi connectivity index (χ0n) is 13.4. The number of alkyl halides is 3. The van der Waals surface area contributed by atoms with Crippen LogP contribution in [0.4, 0.5) is 18.0 Å². The van der Waals surface area contributed by atoms with Crippen LogP contribution in [0.3, 0.4) is 0 Å². The van der Waals surface area contributed by atoms with E-state index in [2.05, 4.69) is 15.3 Å². The lowest BCUT2D eigenvalue weighted by Crippen LogP contribution is -2.36.